The second-order valence-electron chi connectivity index (χ2n) is 11.2. The first-order chi connectivity index (χ1) is 18.1. The minimum atomic E-state index is -1.98. The van der Waals surface area contributed by atoms with E-state index in [2.05, 4.69) is 22.1 Å². The Hall–Kier alpha value is -2.62. The number of anilines is 1. The Labute approximate surface area is 220 Å². The number of hydrogen-bond acceptors (Lipinski definition) is 4. The molecule has 2 aliphatic heterocycles. The van der Waals surface area contributed by atoms with Crippen LogP contribution in [0.4, 0.5) is 23.2 Å². The van der Waals surface area contributed by atoms with Crippen molar-refractivity contribution in [1.82, 2.24) is 14.8 Å². The molecule has 1 saturated heterocycles. The molecule has 3 aromatic rings. The van der Waals surface area contributed by atoms with E-state index in [-0.39, 0.29) is 24.2 Å². The number of aromatic amines is 1. The van der Waals surface area contributed by atoms with Gasteiger partial charge in [0, 0.05) is 53.5 Å². The summed E-state index contributed by atoms with van der Waals surface area (Å²) in [6.45, 7) is 6.98. The van der Waals surface area contributed by atoms with Crippen LogP contribution in [0.25, 0.3) is 10.9 Å². The highest BCUT2D eigenvalue weighted by Gasteiger charge is 2.42. The zero-order valence-electron chi connectivity index (χ0n) is 22.1. The van der Waals surface area contributed by atoms with Gasteiger partial charge in [0.05, 0.1) is 18.7 Å². The summed E-state index contributed by atoms with van der Waals surface area (Å²) in [6, 6.07) is 5.76. The number of halogens is 4. The molecule has 3 atom stereocenters. The second kappa shape index (κ2) is 10.5. The molecule has 1 aromatic heterocycles. The Morgan fingerprint density at radius 2 is 1.84 bits per heavy atom. The highest BCUT2D eigenvalue weighted by atomic mass is 19.1. The number of aromatic nitrogens is 1. The molecule has 0 aliphatic carbocycles. The highest BCUT2D eigenvalue weighted by Crippen LogP contribution is 2.43. The summed E-state index contributed by atoms with van der Waals surface area (Å²) in [4.78, 5) is 7.23. The van der Waals surface area contributed by atoms with Gasteiger partial charge in [-0.05, 0) is 69.1 Å². The van der Waals surface area contributed by atoms with Crippen molar-refractivity contribution >= 4 is 16.6 Å². The van der Waals surface area contributed by atoms with Gasteiger partial charge in [-0.3, -0.25) is 9.80 Å². The van der Waals surface area contributed by atoms with Crippen molar-refractivity contribution < 1.29 is 22.7 Å². The fraction of sp³-hybridized carbons (Fsp3) is 0.517. The molecule has 3 unspecified atom stereocenters. The van der Waals surface area contributed by atoms with E-state index in [4.69, 9.17) is 0 Å². The third kappa shape index (κ3) is 5.16. The number of unbranched alkanes of at least 4 members (excludes halogenated alkanes) is 1. The molecular weight excluding hydrogens is 496 g/mol. The molecule has 206 valence electrons. The lowest BCUT2D eigenvalue weighted by molar-refractivity contribution is 0.0162. The van der Waals surface area contributed by atoms with Gasteiger partial charge >= 0.3 is 0 Å². The zero-order chi connectivity index (χ0) is 27.2. The molecule has 1 fully saturated rings. The topological polar surface area (TPSA) is 54.5 Å². The zero-order valence-corrected chi connectivity index (χ0v) is 22.1. The maximum atomic E-state index is 15.8. The van der Waals surface area contributed by atoms with Crippen molar-refractivity contribution in [3.63, 3.8) is 0 Å². The molecule has 0 amide bonds. The van der Waals surface area contributed by atoms with Crippen LogP contribution in [-0.2, 0) is 6.42 Å². The lowest BCUT2D eigenvalue weighted by Gasteiger charge is -2.43. The molecule has 2 aromatic carbocycles. The van der Waals surface area contributed by atoms with Gasteiger partial charge in [0.15, 0.2) is 0 Å². The SMILES string of the molecule is CCCCN1CC(Nc2cc(F)c(C3c4[nH]c5ccc(F)cc5c4CC(C)N3CC(C)(F)CO)c(F)c2)C1. The second-order valence-corrected chi connectivity index (χ2v) is 11.2. The Kier molecular flexibility index (Phi) is 7.46. The number of benzene rings is 2. The molecule has 9 heteroatoms. The molecule has 3 N–H and O–H groups in total. The van der Waals surface area contributed by atoms with E-state index in [0.717, 1.165) is 38.0 Å². The summed E-state index contributed by atoms with van der Waals surface area (Å²) in [6.07, 6.45) is 2.68. The van der Waals surface area contributed by atoms with Crippen LogP contribution in [0.2, 0.25) is 0 Å². The van der Waals surface area contributed by atoms with E-state index in [1.54, 1.807) is 11.0 Å². The number of aliphatic hydroxyl groups excluding tert-OH is 1. The largest absolute Gasteiger partial charge is 0.393 e. The van der Waals surface area contributed by atoms with Gasteiger partial charge in [0.1, 0.15) is 23.1 Å². The van der Waals surface area contributed by atoms with Crippen molar-refractivity contribution in [1.29, 1.82) is 0 Å². The van der Waals surface area contributed by atoms with E-state index >= 15 is 13.2 Å². The minimum Gasteiger partial charge on any atom is -0.393 e. The lowest BCUT2D eigenvalue weighted by atomic mass is 9.87. The van der Waals surface area contributed by atoms with Crippen LogP contribution in [0.3, 0.4) is 0 Å². The molecule has 38 heavy (non-hydrogen) atoms. The first-order valence-corrected chi connectivity index (χ1v) is 13.4. The number of nitrogens with zero attached hydrogens (tertiary/aromatic N) is 2. The van der Waals surface area contributed by atoms with E-state index in [1.807, 2.05) is 6.92 Å². The van der Waals surface area contributed by atoms with Gasteiger partial charge < -0.3 is 15.4 Å². The first kappa shape index (κ1) is 27.0. The fourth-order valence-electron chi connectivity index (χ4n) is 5.91. The predicted octanol–water partition coefficient (Wildman–Crippen LogP) is 5.54. The summed E-state index contributed by atoms with van der Waals surface area (Å²) in [5.74, 6) is -1.88. The molecular formula is C29H36F4N4O. The Bertz CT molecular complexity index is 1280. The summed E-state index contributed by atoms with van der Waals surface area (Å²) < 4.78 is 60.8. The van der Waals surface area contributed by atoms with Crippen molar-refractivity contribution in [2.45, 2.75) is 63.8 Å². The summed E-state index contributed by atoms with van der Waals surface area (Å²) in [5, 5.41) is 13.5. The van der Waals surface area contributed by atoms with E-state index < -0.39 is 35.8 Å². The maximum Gasteiger partial charge on any atom is 0.143 e. The van der Waals surface area contributed by atoms with Crippen LogP contribution < -0.4 is 5.32 Å². The number of hydrogen-bond donors (Lipinski definition) is 3. The lowest BCUT2D eigenvalue weighted by Crippen LogP contribution is -2.54. The quantitative estimate of drug-likeness (QED) is 0.317. The highest BCUT2D eigenvalue weighted by molar-refractivity contribution is 5.85. The third-order valence-electron chi connectivity index (χ3n) is 7.92. The standard InChI is InChI=1S/C29H36F4N4O/c1-4-5-8-36-13-20(14-36)34-19-11-23(31)26(24(32)12-19)28-27-22(21-10-18(30)6-7-25(21)35-27)9-17(2)37(28)15-29(3,33)16-38/h6-7,10-12,17,20,28,34-35,38H,4-5,8-9,13-16H2,1-3H3. The van der Waals surface area contributed by atoms with Crippen LogP contribution in [0.15, 0.2) is 30.3 Å². The number of alkyl halides is 1. The minimum absolute atomic E-state index is 0.120. The molecule has 0 radical (unpaired) electrons. The van der Waals surface area contributed by atoms with Gasteiger partial charge in [-0.2, -0.15) is 0 Å². The van der Waals surface area contributed by atoms with Crippen molar-refractivity contribution in [2.75, 3.05) is 38.1 Å². The number of fused-ring (bicyclic) bond motifs is 3. The summed E-state index contributed by atoms with van der Waals surface area (Å²) >= 11 is 0. The van der Waals surface area contributed by atoms with Crippen LogP contribution >= 0.6 is 0 Å². The molecule has 0 saturated carbocycles. The van der Waals surface area contributed by atoms with Gasteiger partial charge in [0.2, 0.25) is 0 Å². The smallest absolute Gasteiger partial charge is 0.143 e. The summed E-state index contributed by atoms with van der Waals surface area (Å²) in [7, 11) is 0. The molecule has 0 bridgehead atoms. The Balaban J connectivity index is 1.52. The summed E-state index contributed by atoms with van der Waals surface area (Å²) in [5.41, 5.74) is 0.121. The number of rotatable bonds is 9. The molecule has 2 aliphatic rings. The maximum absolute atomic E-state index is 15.8. The van der Waals surface area contributed by atoms with Crippen molar-refractivity contribution in [2.24, 2.45) is 0 Å². The Morgan fingerprint density at radius 1 is 1.13 bits per heavy atom. The molecule has 5 nitrogen and oxygen atoms in total. The van der Waals surface area contributed by atoms with E-state index in [1.165, 1.54) is 31.2 Å². The first-order valence-electron chi connectivity index (χ1n) is 13.4. The number of nitrogens with one attached hydrogen (secondary N) is 2. The normalized spacial score (nSPS) is 22.3. The number of likely N-dealkylation sites (tertiary alicyclic amines) is 1. The van der Waals surface area contributed by atoms with Crippen LogP contribution in [0, 0.1) is 17.5 Å². The molecule has 0 spiro atoms. The average molecular weight is 533 g/mol. The number of H-pyrrole nitrogens is 1. The van der Waals surface area contributed by atoms with Gasteiger partial charge in [-0.1, -0.05) is 13.3 Å². The molecule has 5 rings (SSSR count). The molecule has 3 heterocycles. The van der Waals surface area contributed by atoms with E-state index in [9.17, 15) is 9.50 Å². The van der Waals surface area contributed by atoms with Crippen LogP contribution in [0.5, 0.6) is 0 Å². The fourth-order valence-corrected chi connectivity index (χ4v) is 5.91. The average Bonchev–Trinajstić information content (AvgIpc) is 3.18. The van der Waals surface area contributed by atoms with Gasteiger partial charge in [0.25, 0.3) is 0 Å². The number of aliphatic hydroxyl groups is 1. The van der Waals surface area contributed by atoms with Gasteiger partial charge in [-0.25, -0.2) is 17.6 Å². The van der Waals surface area contributed by atoms with Crippen LogP contribution in [-0.4, -0.2) is 70.4 Å². The predicted molar refractivity (Wildman–Crippen MR) is 142 cm³/mol. The van der Waals surface area contributed by atoms with Gasteiger partial charge in [-0.15, -0.1) is 0 Å². The van der Waals surface area contributed by atoms with E-state index in [0.29, 0.717) is 28.7 Å². The van der Waals surface area contributed by atoms with Crippen molar-refractivity contribution in [3.05, 3.63) is 64.6 Å². The third-order valence-corrected chi connectivity index (χ3v) is 7.92. The van der Waals surface area contributed by atoms with Crippen LogP contribution in [0.1, 0.15) is 56.5 Å². The monoisotopic (exact) mass is 532 g/mol. The van der Waals surface area contributed by atoms with Crippen molar-refractivity contribution in [3.8, 4) is 0 Å². The Morgan fingerprint density at radius 3 is 2.50 bits per heavy atom.